The zero-order valence-electron chi connectivity index (χ0n) is 13.3. The Bertz CT molecular complexity index is 870. The van der Waals surface area contributed by atoms with Crippen LogP contribution < -0.4 is 10.1 Å². The van der Waals surface area contributed by atoms with Gasteiger partial charge in [-0.15, -0.1) is 0 Å². The molecule has 3 rings (SSSR count). The fraction of sp³-hybridized carbons (Fsp3) is 0.100. The number of hydrogen-bond donors (Lipinski definition) is 1. The number of nitrogens with one attached hydrogen (secondary N) is 1. The van der Waals surface area contributed by atoms with Gasteiger partial charge < -0.3 is 10.1 Å². The van der Waals surface area contributed by atoms with Crippen molar-refractivity contribution >= 4 is 28.9 Å². The molecule has 128 valence electrons. The normalized spacial score (nSPS) is 10.5. The molecular formula is C20H16Cl2FNO. The van der Waals surface area contributed by atoms with Crippen LogP contribution in [0.5, 0.6) is 5.75 Å². The van der Waals surface area contributed by atoms with Gasteiger partial charge in [-0.25, -0.2) is 4.39 Å². The first kappa shape index (κ1) is 17.6. The maximum absolute atomic E-state index is 13.2. The fourth-order valence-corrected chi connectivity index (χ4v) is 2.82. The molecule has 3 aromatic carbocycles. The van der Waals surface area contributed by atoms with Crippen LogP contribution in [0.4, 0.5) is 10.1 Å². The maximum atomic E-state index is 13.2. The lowest BCUT2D eigenvalue weighted by Gasteiger charge is -2.11. The standard InChI is InChI=1S/C20H16Cl2FNO/c21-17-6-1-2-7-19(17)24-12-14-8-9-20(18(22)11-14)25-13-15-4-3-5-16(23)10-15/h1-11,24H,12-13H2. The van der Waals surface area contributed by atoms with Gasteiger partial charge in [-0.1, -0.05) is 53.5 Å². The molecule has 0 aliphatic rings. The monoisotopic (exact) mass is 375 g/mol. The number of ether oxygens (including phenoxy) is 1. The molecule has 0 atom stereocenters. The van der Waals surface area contributed by atoms with E-state index in [2.05, 4.69) is 5.32 Å². The quantitative estimate of drug-likeness (QED) is 0.543. The van der Waals surface area contributed by atoms with E-state index in [9.17, 15) is 4.39 Å². The molecule has 0 saturated carbocycles. The van der Waals surface area contributed by atoms with Gasteiger partial charge in [0.05, 0.1) is 15.7 Å². The second-order valence-electron chi connectivity index (χ2n) is 5.52. The van der Waals surface area contributed by atoms with Crippen molar-refractivity contribution in [1.82, 2.24) is 0 Å². The summed E-state index contributed by atoms with van der Waals surface area (Å²) in [5.41, 5.74) is 2.62. The van der Waals surface area contributed by atoms with Gasteiger partial charge in [-0.3, -0.25) is 0 Å². The average Bonchev–Trinajstić information content (AvgIpc) is 2.60. The van der Waals surface area contributed by atoms with E-state index in [1.54, 1.807) is 12.1 Å². The first-order chi connectivity index (χ1) is 12.1. The highest BCUT2D eigenvalue weighted by molar-refractivity contribution is 6.33. The minimum Gasteiger partial charge on any atom is -0.487 e. The van der Waals surface area contributed by atoms with Crippen molar-refractivity contribution in [3.8, 4) is 5.75 Å². The van der Waals surface area contributed by atoms with Gasteiger partial charge in [0, 0.05) is 6.54 Å². The highest BCUT2D eigenvalue weighted by atomic mass is 35.5. The number of halogens is 3. The van der Waals surface area contributed by atoms with Crippen LogP contribution in [0.3, 0.4) is 0 Å². The van der Waals surface area contributed by atoms with E-state index in [0.717, 1.165) is 16.8 Å². The van der Waals surface area contributed by atoms with Crippen LogP contribution in [-0.2, 0) is 13.2 Å². The van der Waals surface area contributed by atoms with Gasteiger partial charge in [0.25, 0.3) is 0 Å². The summed E-state index contributed by atoms with van der Waals surface area (Å²) < 4.78 is 18.9. The summed E-state index contributed by atoms with van der Waals surface area (Å²) in [4.78, 5) is 0. The smallest absolute Gasteiger partial charge is 0.138 e. The van der Waals surface area contributed by atoms with E-state index in [1.807, 2.05) is 42.5 Å². The van der Waals surface area contributed by atoms with E-state index in [4.69, 9.17) is 27.9 Å². The summed E-state index contributed by atoms with van der Waals surface area (Å²) in [6.07, 6.45) is 0. The van der Waals surface area contributed by atoms with E-state index >= 15 is 0 Å². The Kier molecular flexibility index (Phi) is 5.79. The van der Waals surface area contributed by atoms with Crippen molar-refractivity contribution in [2.45, 2.75) is 13.2 Å². The van der Waals surface area contributed by atoms with Crippen LogP contribution in [0.2, 0.25) is 10.0 Å². The Hall–Kier alpha value is -2.23. The lowest BCUT2D eigenvalue weighted by atomic mass is 10.2. The molecule has 0 aliphatic heterocycles. The van der Waals surface area contributed by atoms with Crippen LogP contribution in [0.25, 0.3) is 0 Å². The zero-order chi connectivity index (χ0) is 17.6. The van der Waals surface area contributed by atoms with E-state index < -0.39 is 0 Å². The topological polar surface area (TPSA) is 21.3 Å². The predicted octanol–water partition coefficient (Wildman–Crippen LogP) is 6.32. The SMILES string of the molecule is Fc1cccc(COc2ccc(CNc3ccccc3Cl)cc2Cl)c1. The minimum absolute atomic E-state index is 0.259. The summed E-state index contributed by atoms with van der Waals surface area (Å²) in [6, 6.07) is 19.4. The second kappa shape index (κ2) is 8.24. The predicted molar refractivity (Wildman–Crippen MR) is 101 cm³/mol. The molecule has 25 heavy (non-hydrogen) atoms. The van der Waals surface area contributed by atoms with Gasteiger partial charge in [-0.2, -0.15) is 0 Å². The summed E-state index contributed by atoms with van der Waals surface area (Å²) in [5, 5.41) is 4.45. The third kappa shape index (κ3) is 4.88. The van der Waals surface area contributed by atoms with E-state index in [1.165, 1.54) is 12.1 Å². The molecule has 0 amide bonds. The molecule has 2 nitrogen and oxygen atoms in total. The lowest BCUT2D eigenvalue weighted by Crippen LogP contribution is -2.01. The van der Waals surface area contributed by atoms with E-state index in [-0.39, 0.29) is 12.4 Å². The van der Waals surface area contributed by atoms with Crippen LogP contribution in [-0.4, -0.2) is 0 Å². The number of anilines is 1. The Labute approximate surface area is 156 Å². The number of benzene rings is 3. The maximum Gasteiger partial charge on any atom is 0.138 e. The number of para-hydroxylation sites is 1. The molecule has 3 aromatic rings. The Balaban J connectivity index is 1.61. The number of hydrogen-bond acceptors (Lipinski definition) is 2. The van der Waals surface area contributed by atoms with Crippen molar-refractivity contribution in [3.63, 3.8) is 0 Å². The van der Waals surface area contributed by atoms with Crippen molar-refractivity contribution in [3.05, 3.63) is 93.7 Å². The van der Waals surface area contributed by atoms with Gasteiger partial charge >= 0.3 is 0 Å². The second-order valence-corrected chi connectivity index (χ2v) is 6.33. The lowest BCUT2D eigenvalue weighted by molar-refractivity contribution is 0.305. The van der Waals surface area contributed by atoms with Crippen LogP contribution >= 0.6 is 23.2 Å². The van der Waals surface area contributed by atoms with Crippen molar-refractivity contribution in [2.24, 2.45) is 0 Å². The molecule has 5 heteroatoms. The van der Waals surface area contributed by atoms with Crippen molar-refractivity contribution in [1.29, 1.82) is 0 Å². The molecule has 0 heterocycles. The average molecular weight is 376 g/mol. The first-order valence-corrected chi connectivity index (χ1v) is 8.51. The largest absolute Gasteiger partial charge is 0.487 e. The van der Waals surface area contributed by atoms with Gasteiger partial charge in [0.1, 0.15) is 18.2 Å². The highest BCUT2D eigenvalue weighted by Crippen LogP contribution is 2.27. The highest BCUT2D eigenvalue weighted by Gasteiger charge is 2.05. The summed E-state index contributed by atoms with van der Waals surface area (Å²) >= 11 is 12.4. The molecular weight excluding hydrogens is 360 g/mol. The molecule has 1 N–H and O–H groups in total. The molecule has 0 bridgehead atoms. The Morgan fingerprint density at radius 2 is 1.68 bits per heavy atom. The Morgan fingerprint density at radius 1 is 0.840 bits per heavy atom. The van der Waals surface area contributed by atoms with E-state index in [0.29, 0.717) is 22.3 Å². The molecule has 0 spiro atoms. The van der Waals surface area contributed by atoms with Crippen molar-refractivity contribution in [2.75, 3.05) is 5.32 Å². The molecule has 0 unspecified atom stereocenters. The molecule has 0 aromatic heterocycles. The fourth-order valence-electron chi connectivity index (χ4n) is 2.36. The molecule has 0 fully saturated rings. The van der Waals surface area contributed by atoms with Gasteiger partial charge in [0.15, 0.2) is 0 Å². The van der Waals surface area contributed by atoms with Gasteiger partial charge in [-0.05, 0) is 47.5 Å². The van der Waals surface area contributed by atoms with Gasteiger partial charge in [0.2, 0.25) is 0 Å². The molecule has 0 aliphatic carbocycles. The van der Waals surface area contributed by atoms with Crippen LogP contribution in [0.15, 0.2) is 66.7 Å². The third-order valence-corrected chi connectivity index (χ3v) is 4.26. The third-order valence-electron chi connectivity index (χ3n) is 3.64. The molecule has 0 radical (unpaired) electrons. The minimum atomic E-state index is -0.284. The summed E-state index contributed by atoms with van der Waals surface area (Å²) in [6.45, 7) is 0.850. The van der Waals surface area contributed by atoms with Crippen molar-refractivity contribution < 1.29 is 9.13 Å². The number of rotatable bonds is 6. The summed E-state index contributed by atoms with van der Waals surface area (Å²) in [5.74, 6) is 0.278. The summed E-state index contributed by atoms with van der Waals surface area (Å²) in [7, 11) is 0. The first-order valence-electron chi connectivity index (χ1n) is 7.76. The van der Waals surface area contributed by atoms with Crippen LogP contribution in [0, 0.1) is 5.82 Å². The zero-order valence-corrected chi connectivity index (χ0v) is 14.8. The molecule has 0 saturated heterocycles. The Morgan fingerprint density at radius 3 is 2.44 bits per heavy atom. The van der Waals surface area contributed by atoms with Crippen LogP contribution in [0.1, 0.15) is 11.1 Å².